The second kappa shape index (κ2) is 14.4. The Labute approximate surface area is 183 Å². The van der Waals surface area contributed by atoms with Crippen LogP contribution in [0.1, 0.15) is 20.3 Å². The number of thioether (sulfide) groups is 1. The zero-order chi connectivity index (χ0) is 22.5. The number of carbonyl (C=O) groups is 1. The van der Waals surface area contributed by atoms with Gasteiger partial charge in [0.15, 0.2) is 6.17 Å². The number of nitrogens with two attached hydrogens (primary N) is 1. The van der Waals surface area contributed by atoms with Gasteiger partial charge in [-0.15, -0.1) is 11.8 Å². The van der Waals surface area contributed by atoms with Crippen LogP contribution in [-0.4, -0.2) is 65.5 Å². The van der Waals surface area contributed by atoms with E-state index in [1.807, 2.05) is 37.0 Å². The Morgan fingerprint density at radius 1 is 1.40 bits per heavy atom. The Morgan fingerprint density at radius 3 is 2.63 bits per heavy atom. The molecule has 3 N–H and O–H groups in total. The highest BCUT2D eigenvalue weighted by molar-refractivity contribution is 8.00. The first kappa shape index (κ1) is 26.4. The number of aliphatic hydroxyl groups is 1. The third kappa shape index (κ3) is 9.00. The Balaban J connectivity index is 0.00000141. The fourth-order valence-electron chi connectivity index (χ4n) is 2.38. The monoisotopic (exact) mass is 459 g/mol. The summed E-state index contributed by atoms with van der Waals surface area (Å²) < 4.78 is 25.8. The van der Waals surface area contributed by atoms with Gasteiger partial charge < -0.3 is 24.8 Å². The molecule has 0 aliphatic carbocycles. The van der Waals surface area contributed by atoms with E-state index in [9.17, 15) is 14.3 Å². The van der Waals surface area contributed by atoms with Gasteiger partial charge in [0.1, 0.15) is 23.1 Å². The van der Waals surface area contributed by atoms with Crippen molar-refractivity contribution in [1.82, 2.24) is 4.90 Å². The zero-order valence-corrected chi connectivity index (χ0v) is 19.4. The fourth-order valence-corrected chi connectivity index (χ4v) is 4.72. The van der Waals surface area contributed by atoms with Gasteiger partial charge >= 0.3 is 0 Å². The number of carbonyl (C=O) groups excluding carboxylic acids is 1. The van der Waals surface area contributed by atoms with E-state index >= 15 is 0 Å². The molecule has 0 aromatic heterocycles. The molecular weight excluding hydrogens is 428 g/mol. The lowest BCUT2D eigenvalue weighted by Crippen LogP contribution is -2.36. The number of amides is 1. The van der Waals surface area contributed by atoms with Crippen molar-refractivity contribution in [3.8, 4) is 5.75 Å². The molecule has 1 heterocycles. The molecule has 0 radical (unpaired) electrons. The van der Waals surface area contributed by atoms with Crippen molar-refractivity contribution in [2.24, 2.45) is 10.7 Å². The van der Waals surface area contributed by atoms with Crippen LogP contribution in [0.25, 0.3) is 0 Å². The van der Waals surface area contributed by atoms with Crippen LogP contribution in [-0.2, 0) is 9.32 Å². The smallest absolute Gasteiger partial charge is 0.234 e. The predicted octanol–water partition coefficient (Wildman–Crippen LogP) is 3.54. The highest BCUT2D eigenvalue weighted by Crippen LogP contribution is 2.41. The molecule has 168 valence electrons. The van der Waals surface area contributed by atoms with Crippen LogP contribution in [0.15, 0.2) is 47.6 Å². The lowest BCUT2D eigenvalue weighted by atomic mass is 10.1. The minimum Gasteiger partial charge on any atom is -0.448 e. The van der Waals surface area contributed by atoms with Crippen molar-refractivity contribution < 1.29 is 23.3 Å². The number of rotatable bonds is 9. The van der Waals surface area contributed by atoms with Crippen molar-refractivity contribution >= 4 is 32.4 Å². The normalized spacial score (nSPS) is 24.8. The van der Waals surface area contributed by atoms with Crippen molar-refractivity contribution in [2.45, 2.75) is 43.2 Å². The number of aliphatic hydroxyl groups excluding tert-OH is 1. The van der Waals surface area contributed by atoms with E-state index in [1.165, 1.54) is 30.5 Å². The summed E-state index contributed by atoms with van der Waals surface area (Å²) in [6.07, 6.45) is 1.89. The average molecular weight is 460 g/mol. The van der Waals surface area contributed by atoms with E-state index in [-0.39, 0.29) is 12.4 Å². The van der Waals surface area contributed by atoms with Gasteiger partial charge in [-0.1, -0.05) is 38.5 Å². The summed E-state index contributed by atoms with van der Waals surface area (Å²) in [6.45, 7) is 6.23. The van der Waals surface area contributed by atoms with Crippen LogP contribution in [0, 0.1) is 0 Å². The summed E-state index contributed by atoms with van der Waals surface area (Å²) in [5.41, 5.74) is 5.49. The number of aliphatic imine (C=N–C) groups is 1. The molecule has 7 nitrogen and oxygen atoms in total. The topological polar surface area (TPSA) is 97.4 Å². The predicted molar refractivity (Wildman–Crippen MR) is 122 cm³/mol. The van der Waals surface area contributed by atoms with Gasteiger partial charge in [0.05, 0.1) is 11.9 Å². The molecule has 0 bridgehead atoms. The highest BCUT2D eigenvalue weighted by Gasteiger charge is 2.45. The van der Waals surface area contributed by atoms with E-state index in [2.05, 4.69) is 18.8 Å². The van der Waals surface area contributed by atoms with Gasteiger partial charge in [0.2, 0.25) is 14.8 Å². The largest absolute Gasteiger partial charge is 0.448 e. The number of nitrogens with zero attached hydrogens (tertiary/aromatic N) is 2. The number of hydrogen-bond acceptors (Lipinski definition) is 6. The molecule has 1 saturated heterocycles. The second-order valence-corrected chi connectivity index (χ2v) is 9.17. The van der Waals surface area contributed by atoms with Gasteiger partial charge in [0.25, 0.3) is 0 Å². The Morgan fingerprint density at radius 2 is 2.03 bits per heavy atom. The lowest BCUT2D eigenvalue weighted by Gasteiger charge is -2.23. The number of amidine groups is 1. The standard InChI is InChI=1S/C17H23FN3O4PS.C3H8/c1-21(9-8-14(19)20-11-22)17-15(18)16(23)13(27-17)10-24-26(2)25-12-6-4-3-5-7-12;1-3-2/h3-9,11,13,15-17,23H,10H2,1-2H3,(H2,19,20,22);3H2,1-2H3/b9-8-;/t13?,15?,16-,17?,26?;/m1./s1. The van der Waals surface area contributed by atoms with Crippen LogP contribution < -0.4 is 10.3 Å². The Kier molecular flexibility index (Phi) is 12.6. The molecule has 30 heavy (non-hydrogen) atoms. The molecule has 1 aliphatic heterocycles. The second-order valence-electron chi connectivity index (χ2n) is 6.49. The summed E-state index contributed by atoms with van der Waals surface area (Å²) >= 11 is 1.28. The van der Waals surface area contributed by atoms with E-state index in [4.69, 9.17) is 14.8 Å². The summed E-state index contributed by atoms with van der Waals surface area (Å²) in [6, 6.07) is 9.28. The van der Waals surface area contributed by atoms with Crippen molar-refractivity contribution in [3.63, 3.8) is 0 Å². The molecule has 5 atom stereocenters. The third-order valence-corrected chi connectivity index (χ3v) is 6.39. The van der Waals surface area contributed by atoms with Crippen LogP contribution in [0.3, 0.4) is 0 Å². The SMILES string of the molecule is CCC.CN(/C=C\C(N)=NC=O)C1SC(COP(C)Oc2ccccc2)[C@@H](O)C1F. The maximum Gasteiger partial charge on any atom is 0.234 e. The number of benzene rings is 1. The molecule has 1 amide bonds. The van der Waals surface area contributed by atoms with E-state index < -0.39 is 31.3 Å². The zero-order valence-electron chi connectivity index (χ0n) is 17.7. The van der Waals surface area contributed by atoms with E-state index in [1.54, 1.807) is 11.9 Å². The first-order chi connectivity index (χ1) is 14.3. The first-order valence-corrected chi connectivity index (χ1v) is 12.1. The maximum absolute atomic E-state index is 14.5. The third-order valence-electron chi connectivity index (χ3n) is 3.78. The maximum atomic E-state index is 14.5. The highest BCUT2D eigenvalue weighted by atomic mass is 32.2. The summed E-state index contributed by atoms with van der Waals surface area (Å²) in [7, 11) is 0.467. The number of hydrogen-bond donors (Lipinski definition) is 2. The summed E-state index contributed by atoms with van der Waals surface area (Å²) in [5.74, 6) is 0.719. The van der Waals surface area contributed by atoms with Gasteiger partial charge in [-0.25, -0.2) is 4.39 Å². The fraction of sp³-hybridized carbons (Fsp3) is 0.500. The van der Waals surface area contributed by atoms with Gasteiger partial charge in [-0.3, -0.25) is 4.79 Å². The van der Waals surface area contributed by atoms with Crippen LogP contribution in [0.2, 0.25) is 0 Å². The van der Waals surface area contributed by atoms with Crippen molar-refractivity contribution in [3.05, 3.63) is 42.6 Å². The van der Waals surface area contributed by atoms with E-state index in [0.29, 0.717) is 12.2 Å². The minimum absolute atomic E-state index is 0.0189. The van der Waals surface area contributed by atoms with E-state index in [0.717, 1.165) is 0 Å². The average Bonchev–Trinajstić information content (AvgIpc) is 3.00. The minimum atomic E-state index is -1.46. The number of halogens is 1. The summed E-state index contributed by atoms with van der Waals surface area (Å²) in [4.78, 5) is 15.2. The van der Waals surface area contributed by atoms with Gasteiger partial charge in [-0.2, -0.15) is 4.99 Å². The molecule has 0 spiro atoms. The molecule has 0 saturated carbocycles. The molecular formula is C20H31FN3O4PS. The quantitative estimate of drug-likeness (QED) is 0.252. The Bertz CT molecular complexity index is 683. The number of para-hydroxylation sites is 1. The van der Waals surface area contributed by atoms with Crippen LogP contribution in [0.5, 0.6) is 5.75 Å². The van der Waals surface area contributed by atoms with Crippen molar-refractivity contribution in [2.75, 3.05) is 20.3 Å². The van der Waals surface area contributed by atoms with Gasteiger partial charge in [-0.05, 0) is 18.2 Å². The molecule has 10 heteroatoms. The van der Waals surface area contributed by atoms with Crippen LogP contribution >= 0.6 is 20.1 Å². The molecule has 1 aromatic rings. The first-order valence-electron chi connectivity index (χ1n) is 9.58. The molecule has 2 rings (SSSR count). The van der Waals surface area contributed by atoms with Crippen molar-refractivity contribution in [1.29, 1.82) is 0 Å². The van der Waals surface area contributed by atoms with Crippen LogP contribution in [0.4, 0.5) is 4.39 Å². The lowest BCUT2D eigenvalue weighted by molar-refractivity contribution is -0.106. The summed E-state index contributed by atoms with van der Waals surface area (Å²) in [5, 5.41) is 9.16. The number of alkyl halides is 1. The molecule has 1 aromatic carbocycles. The Hall–Kier alpha value is -1.67. The van der Waals surface area contributed by atoms with Gasteiger partial charge in [0, 0.05) is 19.9 Å². The molecule has 1 aliphatic rings. The molecule has 1 fully saturated rings. The molecule has 4 unspecified atom stereocenters.